The summed E-state index contributed by atoms with van der Waals surface area (Å²) in [5, 5.41) is -0.226. The number of hydrogen-bond donors (Lipinski definition) is 1. The fraction of sp³-hybridized carbons (Fsp3) is 0.750. The zero-order valence-corrected chi connectivity index (χ0v) is 19.7. The standard InChI is InChI=1S/C24H35F2N3O2S/c1-2-24(18-6-3-7-19(14-18)27-32(30,31)20-8-9-20)21-15-29(16-22(21)24)13-5-12-28-11-4-10-23(25,26)17-28/h3,6-7,14,20-22,27H,2,4-5,8-13,15-17H2,1H3/t21-,22+,24+. The zero-order valence-electron chi connectivity index (χ0n) is 18.9. The van der Waals surface area contributed by atoms with Gasteiger partial charge in [0, 0.05) is 30.6 Å². The van der Waals surface area contributed by atoms with Crippen LogP contribution in [0.3, 0.4) is 0 Å². The lowest BCUT2D eigenvalue weighted by atomic mass is 9.87. The molecular weight excluding hydrogens is 432 g/mol. The van der Waals surface area contributed by atoms with E-state index in [1.807, 2.05) is 23.1 Å². The highest BCUT2D eigenvalue weighted by Gasteiger charge is 2.67. The highest BCUT2D eigenvalue weighted by Crippen LogP contribution is 2.65. The monoisotopic (exact) mass is 467 g/mol. The molecule has 2 saturated heterocycles. The molecule has 178 valence electrons. The number of piperidine rings is 2. The van der Waals surface area contributed by atoms with Crippen LogP contribution in [0.4, 0.5) is 14.5 Å². The van der Waals surface area contributed by atoms with Crippen LogP contribution < -0.4 is 4.72 Å². The Kier molecular flexibility index (Phi) is 5.78. The number of alkyl halides is 2. The minimum absolute atomic E-state index is 0.0291. The van der Waals surface area contributed by atoms with E-state index in [0.29, 0.717) is 23.9 Å². The lowest BCUT2D eigenvalue weighted by Crippen LogP contribution is -2.43. The summed E-state index contributed by atoms with van der Waals surface area (Å²) in [5.41, 5.74) is 2.08. The van der Waals surface area contributed by atoms with Gasteiger partial charge in [0.1, 0.15) is 0 Å². The first-order valence-electron chi connectivity index (χ1n) is 12.2. The number of fused-ring (bicyclic) bond motifs is 1. The van der Waals surface area contributed by atoms with Crippen molar-refractivity contribution in [2.24, 2.45) is 11.8 Å². The number of nitrogens with zero attached hydrogens (tertiary/aromatic N) is 2. The van der Waals surface area contributed by atoms with Crippen LogP contribution in [0.1, 0.15) is 51.0 Å². The lowest BCUT2D eigenvalue weighted by Gasteiger charge is -2.33. The van der Waals surface area contributed by atoms with E-state index in [4.69, 9.17) is 0 Å². The average Bonchev–Trinajstić information content (AvgIpc) is 3.64. The van der Waals surface area contributed by atoms with Crippen molar-refractivity contribution < 1.29 is 17.2 Å². The van der Waals surface area contributed by atoms with Crippen LogP contribution in [0.25, 0.3) is 0 Å². The summed E-state index contributed by atoms with van der Waals surface area (Å²) in [6.45, 7) is 6.76. The van der Waals surface area contributed by atoms with Crippen LogP contribution in [0.15, 0.2) is 24.3 Å². The maximum absolute atomic E-state index is 13.6. The van der Waals surface area contributed by atoms with E-state index >= 15 is 0 Å². The third-order valence-corrected chi connectivity index (χ3v) is 10.1. The number of rotatable bonds is 9. The van der Waals surface area contributed by atoms with Crippen LogP contribution in [-0.4, -0.2) is 68.7 Å². The molecule has 32 heavy (non-hydrogen) atoms. The Morgan fingerprint density at radius 2 is 1.84 bits per heavy atom. The predicted molar refractivity (Wildman–Crippen MR) is 123 cm³/mol. The van der Waals surface area contributed by atoms with E-state index in [1.165, 1.54) is 5.56 Å². The molecule has 0 bridgehead atoms. The number of anilines is 1. The Morgan fingerprint density at radius 3 is 2.50 bits per heavy atom. The molecule has 1 aromatic rings. The Bertz CT molecular complexity index is 938. The van der Waals surface area contributed by atoms with Gasteiger partial charge < -0.3 is 4.90 Å². The smallest absolute Gasteiger partial charge is 0.260 e. The van der Waals surface area contributed by atoms with Gasteiger partial charge in [-0.15, -0.1) is 0 Å². The fourth-order valence-electron chi connectivity index (χ4n) is 6.41. The molecule has 2 aliphatic carbocycles. The Labute approximate surface area is 190 Å². The second-order valence-corrected chi connectivity index (χ2v) is 12.3. The van der Waals surface area contributed by atoms with Crippen LogP contribution >= 0.6 is 0 Å². The first kappa shape index (κ1) is 22.5. The summed E-state index contributed by atoms with van der Waals surface area (Å²) in [4.78, 5) is 4.41. The Balaban J connectivity index is 1.15. The van der Waals surface area contributed by atoms with Gasteiger partial charge in [-0.1, -0.05) is 19.1 Å². The van der Waals surface area contributed by atoms with Gasteiger partial charge in [0.25, 0.3) is 5.92 Å². The molecule has 3 atom stereocenters. The molecule has 0 spiro atoms. The van der Waals surface area contributed by atoms with Crippen LogP contribution in [0.2, 0.25) is 0 Å². The number of hydrogen-bond acceptors (Lipinski definition) is 4. The summed E-state index contributed by atoms with van der Waals surface area (Å²) in [5.74, 6) is -1.32. The van der Waals surface area contributed by atoms with Crippen LogP contribution in [0, 0.1) is 11.8 Å². The first-order chi connectivity index (χ1) is 15.2. The first-order valence-corrected chi connectivity index (χ1v) is 13.7. The van der Waals surface area contributed by atoms with Gasteiger partial charge >= 0.3 is 0 Å². The topological polar surface area (TPSA) is 52.7 Å². The molecule has 2 aliphatic heterocycles. The van der Waals surface area contributed by atoms with Gasteiger partial charge in [0.05, 0.1) is 11.8 Å². The fourth-order valence-corrected chi connectivity index (χ4v) is 7.79. The third-order valence-electron chi connectivity index (χ3n) is 8.24. The highest BCUT2D eigenvalue weighted by molar-refractivity contribution is 7.93. The summed E-state index contributed by atoms with van der Waals surface area (Å²) >= 11 is 0. The van der Waals surface area contributed by atoms with Gasteiger partial charge in [-0.25, -0.2) is 17.2 Å². The minimum atomic E-state index is -3.25. The molecule has 0 radical (unpaired) electrons. The molecule has 5 nitrogen and oxygen atoms in total. The van der Waals surface area contributed by atoms with E-state index in [-0.39, 0.29) is 23.6 Å². The SMILES string of the molecule is CC[C@]1(c2cccc(NS(=O)(=O)C3CC3)c2)[C@@H]2CN(CCCN3CCCC(F)(F)C3)C[C@@H]21. The second kappa shape index (κ2) is 8.20. The van der Waals surface area contributed by atoms with Crippen molar-refractivity contribution in [3.63, 3.8) is 0 Å². The molecule has 5 rings (SSSR count). The maximum Gasteiger partial charge on any atom is 0.260 e. The molecule has 2 heterocycles. The molecule has 0 unspecified atom stereocenters. The summed E-state index contributed by atoms with van der Waals surface area (Å²) in [6.07, 6.45) is 4.13. The predicted octanol–water partition coefficient (Wildman–Crippen LogP) is 3.92. The van der Waals surface area contributed by atoms with E-state index in [1.54, 1.807) is 0 Å². The van der Waals surface area contributed by atoms with E-state index in [2.05, 4.69) is 22.6 Å². The molecule has 2 saturated carbocycles. The number of nitrogens with one attached hydrogen (secondary N) is 1. The molecule has 8 heteroatoms. The number of benzene rings is 1. The molecule has 0 amide bonds. The van der Waals surface area contributed by atoms with Crippen molar-refractivity contribution in [2.75, 3.05) is 44.0 Å². The Hall–Kier alpha value is -1.25. The summed E-state index contributed by atoms with van der Waals surface area (Å²) < 4.78 is 54.7. The molecule has 1 N–H and O–H groups in total. The molecular formula is C24H35F2N3O2S. The maximum atomic E-state index is 13.6. The van der Waals surface area contributed by atoms with E-state index in [0.717, 1.165) is 58.4 Å². The number of likely N-dealkylation sites (tertiary alicyclic amines) is 2. The Morgan fingerprint density at radius 1 is 1.12 bits per heavy atom. The van der Waals surface area contributed by atoms with Gasteiger partial charge in [-0.05, 0) is 81.3 Å². The van der Waals surface area contributed by atoms with Crippen molar-refractivity contribution in [2.45, 2.75) is 62.0 Å². The average molecular weight is 468 g/mol. The summed E-state index contributed by atoms with van der Waals surface area (Å²) in [6, 6.07) is 8.01. The molecule has 4 aliphatic rings. The zero-order chi connectivity index (χ0) is 22.6. The van der Waals surface area contributed by atoms with Gasteiger partial charge in [0.15, 0.2) is 0 Å². The van der Waals surface area contributed by atoms with Crippen molar-refractivity contribution in [3.05, 3.63) is 29.8 Å². The molecule has 0 aromatic heterocycles. The largest absolute Gasteiger partial charge is 0.303 e. The quantitative estimate of drug-likeness (QED) is 0.598. The lowest BCUT2D eigenvalue weighted by molar-refractivity contribution is -0.0643. The van der Waals surface area contributed by atoms with Crippen molar-refractivity contribution >= 4 is 15.7 Å². The van der Waals surface area contributed by atoms with Crippen LogP contribution in [-0.2, 0) is 15.4 Å². The van der Waals surface area contributed by atoms with Crippen molar-refractivity contribution in [3.8, 4) is 0 Å². The highest BCUT2D eigenvalue weighted by atomic mass is 32.2. The summed E-state index contributed by atoms with van der Waals surface area (Å²) in [7, 11) is -3.25. The van der Waals surface area contributed by atoms with Crippen molar-refractivity contribution in [1.29, 1.82) is 0 Å². The van der Waals surface area contributed by atoms with Gasteiger partial charge in [0.2, 0.25) is 10.0 Å². The molecule has 4 fully saturated rings. The van der Waals surface area contributed by atoms with Gasteiger partial charge in [-0.2, -0.15) is 0 Å². The second-order valence-electron chi connectivity index (χ2n) is 10.4. The minimum Gasteiger partial charge on any atom is -0.303 e. The number of sulfonamides is 1. The third kappa shape index (κ3) is 4.30. The van der Waals surface area contributed by atoms with E-state index in [9.17, 15) is 17.2 Å². The van der Waals surface area contributed by atoms with Crippen LogP contribution in [0.5, 0.6) is 0 Å². The normalized spacial score (nSPS) is 32.6. The van der Waals surface area contributed by atoms with Gasteiger partial charge in [-0.3, -0.25) is 9.62 Å². The molecule has 1 aromatic carbocycles. The van der Waals surface area contributed by atoms with E-state index < -0.39 is 15.9 Å². The number of halogens is 2. The van der Waals surface area contributed by atoms with Crippen molar-refractivity contribution in [1.82, 2.24) is 9.80 Å².